The van der Waals surface area contributed by atoms with Crippen LogP contribution in [0.3, 0.4) is 0 Å². The van der Waals surface area contributed by atoms with Crippen LogP contribution in [0.15, 0.2) is 70.9 Å². The van der Waals surface area contributed by atoms with Crippen LogP contribution in [0.5, 0.6) is 0 Å². The van der Waals surface area contributed by atoms with Crippen molar-refractivity contribution in [1.29, 1.82) is 0 Å². The Balaban J connectivity index is 1.71. The molecule has 2 N–H and O–H groups in total. The molecule has 33 heavy (non-hydrogen) atoms. The van der Waals surface area contributed by atoms with Gasteiger partial charge in [-0.25, -0.2) is 10.9 Å². The maximum Gasteiger partial charge on any atom is 0.240 e. The van der Waals surface area contributed by atoms with Crippen molar-refractivity contribution in [3.8, 4) is 0 Å². The van der Waals surface area contributed by atoms with Gasteiger partial charge in [0.25, 0.3) is 0 Å². The average Bonchev–Trinajstić information content (AvgIpc) is 2.80. The van der Waals surface area contributed by atoms with Gasteiger partial charge in [-0.15, -0.1) is 0 Å². The number of carbonyl (C=O) groups is 2. The molecule has 0 radical (unpaired) electrons. The third-order valence-electron chi connectivity index (χ3n) is 5.14. The molecule has 0 aliphatic heterocycles. The molecule has 2 rings (SSSR count). The standard InChI is InChI=1S/C27H36N4O2/c1-20(2)26(22-14-8-5-9-15-22)30-28-24(32)18-12-7-13-19-25(33)29-31-27(21(3)4)23-16-10-6-11-17-23/h5-6,8-11,14-17,20-21H,7,12-13,18-19H2,1-4H3,(H,28,32)(H,29,33). The van der Waals surface area contributed by atoms with Crippen molar-refractivity contribution >= 4 is 23.2 Å². The van der Waals surface area contributed by atoms with Crippen molar-refractivity contribution in [2.75, 3.05) is 0 Å². The van der Waals surface area contributed by atoms with Crippen LogP contribution in [-0.4, -0.2) is 23.2 Å². The number of nitrogens with one attached hydrogen (secondary N) is 2. The first-order valence-electron chi connectivity index (χ1n) is 11.7. The van der Waals surface area contributed by atoms with Crippen LogP contribution >= 0.6 is 0 Å². The molecule has 0 aliphatic carbocycles. The maximum atomic E-state index is 12.2. The molecule has 0 aromatic heterocycles. The van der Waals surface area contributed by atoms with Crippen LogP contribution < -0.4 is 10.9 Å². The third-order valence-corrected chi connectivity index (χ3v) is 5.14. The van der Waals surface area contributed by atoms with Gasteiger partial charge in [-0.2, -0.15) is 10.2 Å². The summed E-state index contributed by atoms with van der Waals surface area (Å²) in [6.45, 7) is 8.21. The van der Waals surface area contributed by atoms with Crippen LogP contribution in [-0.2, 0) is 9.59 Å². The number of hydrogen-bond donors (Lipinski definition) is 2. The molecular formula is C27H36N4O2. The highest BCUT2D eigenvalue weighted by molar-refractivity contribution is 6.02. The lowest BCUT2D eigenvalue weighted by molar-refractivity contribution is -0.121. The summed E-state index contributed by atoms with van der Waals surface area (Å²) >= 11 is 0. The average molecular weight is 449 g/mol. The Bertz CT molecular complexity index is 858. The number of nitrogens with zero attached hydrogens (tertiary/aromatic N) is 2. The molecule has 176 valence electrons. The van der Waals surface area contributed by atoms with E-state index in [0.29, 0.717) is 25.7 Å². The van der Waals surface area contributed by atoms with Crippen LogP contribution in [0.4, 0.5) is 0 Å². The van der Waals surface area contributed by atoms with Crippen molar-refractivity contribution in [2.24, 2.45) is 22.0 Å². The number of amides is 2. The second kappa shape index (κ2) is 14.0. The highest BCUT2D eigenvalue weighted by Crippen LogP contribution is 2.10. The van der Waals surface area contributed by atoms with E-state index in [-0.39, 0.29) is 23.7 Å². The summed E-state index contributed by atoms with van der Waals surface area (Å²) in [5.41, 5.74) is 9.08. The van der Waals surface area contributed by atoms with E-state index >= 15 is 0 Å². The zero-order valence-electron chi connectivity index (χ0n) is 20.2. The summed E-state index contributed by atoms with van der Waals surface area (Å²) in [6, 6.07) is 19.7. The second-order valence-electron chi connectivity index (χ2n) is 8.67. The number of hydrazone groups is 2. The molecule has 0 aliphatic rings. The Hall–Kier alpha value is -3.28. The Morgan fingerprint density at radius 3 is 1.33 bits per heavy atom. The highest BCUT2D eigenvalue weighted by atomic mass is 16.2. The summed E-state index contributed by atoms with van der Waals surface area (Å²) in [5, 5.41) is 8.68. The smallest absolute Gasteiger partial charge is 0.240 e. The molecule has 0 saturated carbocycles. The Kier molecular flexibility index (Phi) is 11.0. The summed E-state index contributed by atoms with van der Waals surface area (Å²) < 4.78 is 0. The Morgan fingerprint density at radius 2 is 1.00 bits per heavy atom. The topological polar surface area (TPSA) is 82.9 Å². The van der Waals surface area contributed by atoms with E-state index < -0.39 is 0 Å². The molecule has 0 atom stereocenters. The summed E-state index contributed by atoms with van der Waals surface area (Å²) in [5.74, 6) is 0.184. The number of hydrogen-bond acceptors (Lipinski definition) is 4. The van der Waals surface area contributed by atoms with E-state index in [1.807, 2.05) is 60.7 Å². The van der Waals surface area contributed by atoms with Gasteiger partial charge in [0.15, 0.2) is 0 Å². The number of benzene rings is 2. The van der Waals surface area contributed by atoms with Gasteiger partial charge in [-0.3, -0.25) is 9.59 Å². The van der Waals surface area contributed by atoms with E-state index in [0.717, 1.165) is 29.0 Å². The van der Waals surface area contributed by atoms with Crippen LogP contribution in [0.25, 0.3) is 0 Å². The van der Waals surface area contributed by atoms with E-state index in [4.69, 9.17) is 0 Å². The predicted molar refractivity (Wildman–Crippen MR) is 135 cm³/mol. The molecule has 6 nitrogen and oxygen atoms in total. The molecule has 2 amide bonds. The zero-order valence-corrected chi connectivity index (χ0v) is 20.2. The largest absolute Gasteiger partial charge is 0.273 e. The van der Waals surface area contributed by atoms with E-state index in [2.05, 4.69) is 48.7 Å². The normalized spacial score (nSPS) is 12.2. The van der Waals surface area contributed by atoms with Crippen LogP contribution in [0.1, 0.15) is 70.9 Å². The minimum atomic E-state index is -0.109. The SMILES string of the molecule is CC(C)C(=NNC(=O)CCCCCC(=O)NN=C(c1ccccc1)C(C)C)c1ccccc1. The third kappa shape index (κ3) is 9.39. The number of unbranched alkanes of at least 4 members (excludes halogenated alkanes) is 2. The van der Waals surface area contributed by atoms with Crippen molar-refractivity contribution in [3.63, 3.8) is 0 Å². The van der Waals surface area contributed by atoms with Gasteiger partial charge in [0.1, 0.15) is 0 Å². The van der Waals surface area contributed by atoms with Gasteiger partial charge >= 0.3 is 0 Å². The fourth-order valence-electron chi connectivity index (χ4n) is 3.38. The lowest BCUT2D eigenvalue weighted by atomic mass is 10.0. The van der Waals surface area contributed by atoms with Crippen molar-refractivity contribution in [2.45, 2.75) is 59.8 Å². The van der Waals surface area contributed by atoms with E-state index in [1.165, 1.54) is 0 Å². The molecular weight excluding hydrogens is 412 g/mol. The second-order valence-corrected chi connectivity index (χ2v) is 8.67. The molecule has 0 saturated heterocycles. The lowest BCUT2D eigenvalue weighted by Crippen LogP contribution is -2.22. The first-order valence-corrected chi connectivity index (χ1v) is 11.7. The molecule has 2 aromatic carbocycles. The fraction of sp³-hybridized carbons (Fsp3) is 0.407. The number of rotatable bonds is 12. The molecule has 6 heteroatoms. The quantitative estimate of drug-likeness (QED) is 0.263. The summed E-state index contributed by atoms with van der Waals surface area (Å²) in [7, 11) is 0. The summed E-state index contributed by atoms with van der Waals surface area (Å²) in [6.07, 6.45) is 2.98. The van der Waals surface area contributed by atoms with Gasteiger partial charge < -0.3 is 0 Å². The van der Waals surface area contributed by atoms with E-state index in [9.17, 15) is 9.59 Å². The Morgan fingerprint density at radius 1 is 0.636 bits per heavy atom. The minimum absolute atomic E-state index is 0.109. The van der Waals surface area contributed by atoms with Crippen molar-refractivity contribution < 1.29 is 9.59 Å². The highest BCUT2D eigenvalue weighted by Gasteiger charge is 2.11. The molecule has 0 heterocycles. The predicted octanol–water partition coefficient (Wildman–Crippen LogP) is 5.29. The molecule has 0 bridgehead atoms. The van der Waals surface area contributed by atoms with E-state index in [1.54, 1.807) is 0 Å². The van der Waals surface area contributed by atoms with Gasteiger partial charge in [-0.1, -0.05) is 94.8 Å². The van der Waals surface area contributed by atoms with Crippen LogP contribution in [0, 0.1) is 11.8 Å². The first-order chi connectivity index (χ1) is 15.9. The minimum Gasteiger partial charge on any atom is -0.273 e. The van der Waals surface area contributed by atoms with Crippen molar-refractivity contribution in [3.05, 3.63) is 71.8 Å². The van der Waals surface area contributed by atoms with Gasteiger partial charge in [0.2, 0.25) is 11.8 Å². The lowest BCUT2D eigenvalue weighted by Gasteiger charge is -2.11. The zero-order chi connectivity index (χ0) is 24.1. The molecule has 0 spiro atoms. The molecule has 0 fully saturated rings. The first kappa shape index (κ1) is 26.0. The number of carbonyl (C=O) groups excluding carboxylic acids is 2. The van der Waals surface area contributed by atoms with Gasteiger partial charge in [0, 0.05) is 12.8 Å². The van der Waals surface area contributed by atoms with Crippen LogP contribution in [0.2, 0.25) is 0 Å². The van der Waals surface area contributed by atoms with Gasteiger partial charge in [0.05, 0.1) is 11.4 Å². The monoisotopic (exact) mass is 448 g/mol. The van der Waals surface area contributed by atoms with Gasteiger partial charge in [-0.05, 0) is 35.8 Å². The molecule has 0 unspecified atom stereocenters. The van der Waals surface area contributed by atoms with Crippen molar-refractivity contribution in [1.82, 2.24) is 10.9 Å². The molecule has 2 aromatic rings. The Labute approximate surface area is 197 Å². The maximum absolute atomic E-state index is 12.2. The fourth-order valence-corrected chi connectivity index (χ4v) is 3.38. The summed E-state index contributed by atoms with van der Waals surface area (Å²) in [4.78, 5) is 24.3.